The predicted molar refractivity (Wildman–Crippen MR) is 98.2 cm³/mol. The van der Waals surface area contributed by atoms with Gasteiger partial charge >= 0.3 is 0 Å². The Morgan fingerprint density at radius 1 is 0.0909 bits per heavy atom. The van der Waals surface area contributed by atoms with Crippen molar-refractivity contribution in [2.24, 2.45) is 0 Å². The van der Waals surface area contributed by atoms with Crippen LogP contribution in [0.3, 0.4) is 0 Å². The molecule has 22 heavy (non-hydrogen) atoms. The Kier molecular flexibility index (Phi) is 18300000. The zero-order valence-electron chi connectivity index (χ0n) is 8.00. The SMILES string of the molecule is C.C.C.C.C.C.O.O.O.O.O.O.O.O.O.O.O.O.O.O.O.O. The molecule has 32 N–H and O–H groups in total. The van der Waals surface area contributed by atoms with Gasteiger partial charge in [-0.1, -0.05) is 44.6 Å². The summed E-state index contributed by atoms with van der Waals surface area (Å²) in [6, 6.07) is 0. The summed E-state index contributed by atoms with van der Waals surface area (Å²) >= 11 is 0. The molecule has 16 heteroatoms. The van der Waals surface area contributed by atoms with Gasteiger partial charge in [-0.15, -0.1) is 0 Å². The first-order valence-electron chi connectivity index (χ1n) is 0. The van der Waals surface area contributed by atoms with Gasteiger partial charge in [0.05, 0.1) is 0 Å². The zero-order chi connectivity index (χ0) is 0. The molecule has 0 aliphatic rings. The summed E-state index contributed by atoms with van der Waals surface area (Å²) in [5, 5.41) is 0. The molecule has 0 bridgehead atoms. The third-order valence-corrected chi connectivity index (χ3v) is 0. The minimum absolute atomic E-state index is 0. The van der Waals surface area contributed by atoms with Gasteiger partial charge in [-0.25, -0.2) is 0 Å². The molecule has 0 amide bonds. The fourth-order valence-electron chi connectivity index (χ4n) is 0. The van der Waals surface area contributed by atoms with E-state index in [1.54, 1.807) is 0 Å². The van der Waals surface area contributed by atoms with Crippen LogP contribution in [0.2, 0.25) is 0 Å². The molecular weight excluding hydrogens is 328 g/mol. The molecule has 0 aromatic carbocycles. The Balaban J connectivity index is 0. The first-order valence-corrected chi connectivity index (χ1v) is 0. The molecule has 176 valence electrons. The lowest BCUT2D eigenvalue weighted by molar-refractivity contribution is 0.823. The molecule has 0 aliphatic heterocycles. The maximum Gasteiger partial charge on any atom is -0.0776 e. The molecule has 0 rings (SSSR count). The number of hydrogen-bond donors (Lipinski definition) is 0. The highest BCUT2D eigenvalue weighted by Gasteiger charge is -0.0723. The second kappa shape index (κ2) is 18600. The van der Waals surface area contributed by atoms with Gasteiger partial charge in [-0.3, -0.25) is 0 Å². The quantitative estimate of drug-likeness (QED) is 0.375. The van der Waals surface area contributed by atoms with Crippen molar-refractivity contribution < 1.29 is 87.6 Å². The van der Waals surface area contributed by atoms with E-state index < -0.39 is 0 Å². The second-order valence-electron chi connectivity index (χ2n) is 0. The molecule has 0 unspecified atom stereocenters. The summed E-state index contributed by atoms with van der Waals surface area (Å²) in [5.41, 5.74) is 0. The van der Waals surface area contributed by atoms with Gasteiger partial charge in [-0.2, -0.15) is 0 Å². The molecule has 0 spiro atoms. The third kappa shape index (κ3) is 15900. The zero-order valence-corrected chi connectivity index (χ0v) is 8.00. The average molecular weight is 384 g/mol. The maximum absolute atomic E-state index is 0. The van der Waals surface area contributed by atoms with Gasteiger partial charge in [0.1, 0.15) is 0 Å². The van der Waals surface area contributed by atoms with Crippen molar-refractivity contribution in [3.63, 3.8) is 0 Å². The molecule has 0 atom stereocenters. The lowest BCUT2D eigenvalue weighted by atomic mass is 12.0. The summed E-state index contributed by atoms with van der Waals surface area (Å²) in [7, 11) is 0. The Morgan fingerprint density at radius 2 is 0.0909 bits per heavy atom. The van der Waals surface area contributed by atoms with Crippen molar-refractivity contribution in [2.75, 3.05) is 0 Å². The summed E-state index contributed by atoms with van der Waals surface area (Å²) in [6.07, 6.45) is 0. The van der Waals surface area contributed by atoms with Crippen molar-refractivity contribution in [1.82, 2.24) is 0 Å². The highest BCUT2D eigenvalue weighted by molar-refractivity contribution is 2.51. The van der Waals surface area contributed by atoms with E-state index in [0.717, 1.165) is 0 Å². The van der Waals surface area contributed by atoms with Gasteiger partial charge in [-0.05, 0) is 0 Å². The molecule has 0 aromatic heterocycles. The van der Waals surface area contributed by atoms with E-state index in [9.17, 15) is 0 Å². The monoisotopic (exact) mass is 384 g/mol. The van der Waals surface area contributed by atoms with Crippen LogP contribution in [0.5, 0.6) is 0 Å². The third-order valence-electron chi connectivity index (χ3n) is 0. The van der Waals surface area contributed by atoms with Gasteiger partial charge < -0.3 is 87.6 Å². The molecule has 0 aliphatic carbocycles. The van der Waals surface area contributed by atoms with Crippen LogP contribution in [0.1, 0.15) is 44.6 Å². The highest BCUT2D eigenvalue weighted by Crippen LogP contribution is 0.149. The Hall–Kier alpha value is -0.640. The van der Waals surface area contributed by atoms with E-state index in [0.29, 0.717) is 0 Å². The van der Waals surface area contributed by atoms with E-state index >= 15 is 0 Å². The largest absolute Gasteiger partial charge is 0.412 e. The average Bonchev–Trinajstić information content (AvgIpc) is 0. The van der Waals surface area contributed by atoms with Crippen LogP contribution in [-0.2, 0) is 0 Å². The van der Waals surface area contributed by atoms with E-state index in [1.165, 1.54) is 0 Å². The van der Waals surface area contributed by atoms with Crippen LogP contribution in [-0.4, -0.2) is 87.6 Å². The fourth-order valence-corrected chi connectivity index (χ4v) is 0. The van der Waals surface area contributed by atoms with E-state index in [1.807, 2.05) is 0 Å². The molecule has 16 nitrogen and oxygen atoms in total. The summed E-state index contributed by atoms with van der Waals surface area (Å²) in [6.45, 7) is 0. The molecule has 0 heterocycles. The van der Waals surface area contributed by atoms with Crippen LogP contribution in [0, 0.1) is 0 Å². The molecule has 0 saturated carbocycles. The van der Waals surface area contributed by atoms with Crippen LogP contribution in [0.4, 0.5) is 0 Å². The Labute approximate surface area is 133 Å². The molecule has 0 aromatic rings. The van der Waals surface area contributed by atoms with Crippen molar-refractivity contribution in [3.05, 3.63) is 0 Å². The first-order chi connectivity index (χ1) is 0. The van der Waals surface area contributed by atoms with Crippen molar-refractivity contribution in [2.45, 2.75) is 44.6 Å². The van der Waals surface area contributed by atoms with Crippen LogP contribution in [0.15, 0.2) is 0 Å². The van der Waals surface area contributed by atoms with E-state index in [4.69, 9.17) is 0 Å². The number of hydrogen-bond acceptors (Lipinski definition) is 0. The Bertz CT molecular complexity index is 18.6. The normalized spacial score (nSPS) is 0. The van der Waals surface area contributed by atoms with Crippen LogP contribution < -0.4 is 0 Å². The number of rotatable bonds is 0. The van der Waals surface area contributed by atoms with Gasteiger partial charge in [0.15, 0.2) is 0 Å². The van der Waals surface area contributed by atoms with Gasteiger partial charge in [0.25, 0.3) is 0 Å². The van der Waals surface area contributed by atoms with Crippen LogP contribution >= 0.6 is 0 Å². The standard InChI is InChI=1S/6CH4.16H2O/h6*1H4;16*1H2. The van der Waals surface area contributed by atoms with E-state index in [-0.39, 0.29) is 132 Å². The van der Waals surface area contributed by atoms with Gasteiger partial charge in [0, 0.05) is 0 Å². The smallest absolute Gasteiger partial charge is 0.0776 e. The molecule has 0 fully saturated rings. The molecular formula is C6H56O16. The van der Waals surface area contributed by atoms with Gasteiger partial charge in [0.2, 0.25) is 0 Å². The van der Waals surface area contributed by atoms with Crippen molar-refractivity contribution in [3.8, 4) is 0 Å². The lowest BCUT2D eigenvalue weighted by Gasteiger charge is -0.413. The van der Waals surface area contributed by atoms with Crippen molar-refractivity contribution in [1.29, 1.82) is 0 Å². The second-order valence-corrected chi connectivity index (χ2v) is 0. The highest BCUT2D eigenvalue weighted by atomic mass is 16.0. The summed E-state index contributed by atoms with van der Waals surface area (Å²) in [4.78, 5) is 0. The first kappa shape index (κ1) is 21600. The van der Waals surface area contributed by atoms with Crippen molar-refractivity contribution >= 4 is 0 Å². The summed E-state index contributed by atoms with van der Waals surface area (Å²) in [5.74, 6) is 0. The molecule has 0 radical (unpaired) electrons. The predicted octanol–water partition coefficient (Wildman–Crippen LogP) is -9.38. The molecule has 0 saturated heterocycles. The van der Waals surface area contributed by atoms with Crippen LogP contribution in [0.25, 0.3) is 0 Å². The summed E-state index contributed by atoms with van der Waals surface area (Å²) < 4.78 is 0. The minimum Gasteiger partial charge on any atom is -0.412 e. The Morgan fingerprint density at radius 3 is 0.0909 bits per heavy atom. The maximum atomic E-state index is 0. The lowest BCUT2D eigenvalue weighted by Crippen LogP contribution is -0.290. The van der Waals surface area contributed by atoms with E-state index in [2.05, 4.69) is 0 Å². The fraction of sp³-hybridized carbons (Fsp3) is 1.00. The minimum atomic E-state index is 0. The topological polar surface area (TPSA) is 504 Å².